The maximum absolute atomic E-state index is 13.6. The highest BCUT2D eigenvalue weighted by atomic mass is 19.2. The van der Waals surface area contributed by atoms with Crippen LogP contribution in [0.3, 0.4) is 0 Å². The van der Waals surface area contributed by atoms with Crippen LogP contribution in [0.1, 0.15) is 30.9 Å². The maximum Gasteiger partial charge on any atom is 0.260 e. The number of likely N-dealkylation sites (N-methyl/N-ethyl adjacent to an activating group) is 1. The molecule has 8 heteroatoms. The van der Waals surface area contributed by atoms with E-state index in [2.05, 4.69) is 5.32 Å². The quantitative estimate of drug-likeness (QED) is 0.705. The van der Waals surface area contributed by atoms with E-state index in [-0.39, 0.29) is 12.5 Å². The summed E-state index contributed by atoms with van der Waals surface area (Å²) in [4.78, 5) is 25.4. The number of halogens is 3. The molecule has 0 unspecified atom stereocenters. The van der Waals surface area contributed by atoms with Crippen LogP contribution in [0.25, 0.3) is 0 Å². The zero-order chi connectivity index (χ0) is 21.7. The average molecular weight is 408 g/mol. The number of nitrogens with one attached hydrogen (secondary N) is 1. The topological polar surface area (TPSA) is 58.6 Å². The molecule has 0 saturated heterocycles. The fourth-order valence-corrected chi connectivity index (χ4v) is 2.61. The number of carbonyl (C=O) groups is 2. The van der Waals surface area contributed by atoms with Gasteiger partial charge >= 0.3 is 0 Å². The van der Waals surface area contributed by atoms with Gasteiger partial charge < -0.3 is 15.0 Å². The van der Waals surface area contributed by atoms with Crippen molar-refractivity contribution >= 4 is 17.5 Å². The summed E-state index contributed by atoms with van der Waals surface area (Å²) in [6.45, 7) is 5.23. The van der Waals surface area contributed by atoms with E-state index >= 15 is 0 Å². The van der Waals surface area contributed by atoms with Crippen LogP contribution in [0, 0.1) is 24.4 Å². The average Bonchev–Trinajstić information content (AvgIpc) is 2.66. The second kappa shape index (κ2) is 9.45. The van der Waals surface area contributed by atoms with E-state index in [1.165, 1.54) is 7.05 Å². The van der Waals surface area contributed by atoms with E-state index < -0.39 is 41.5 Å². The predicted octanol–water partition coefficient (Wildman–Crippen LogP) is 4.01. The molecule has 2 rings (SSSR count). The van der Waals surface area contributed by atoms with Crippen LogP contribution in [0.2, 0.25) is 0 Å². The minimum Gasteiger partial charge on any atom is -0.483 e. The second-order valence-electron chi connectivity index (χ2n) is 7.01. The molecule has 2 amide bonds. The monoisotopic (exact) mass is 408 g/mol. The van der Waals surface area contributed by atoms with Gasteiger partial charge in [0.25, 0.3) is 5.91 Å². The lowest BCUT2D eigenvalue weighted by Crippen LogP contribution is -2.37. The van der Waals surface area contributed by atoms with E-state index in [1.54, 1.807) is 0 Å². The maximum atomic E-state index is 13.6. The Morgan fingerprint density at radius 1 is 1.10 bits per heavy atom. The summed E-state index contributed by atoms with van der Waals surface area (Å²) in [5, 5.41) is 2.11. The van der Waals surface area contributed by atoms with Crippen LogP contribution >= 0.6 is 0 Å². The zero-order valence-corrected chi connectivity index (χ0v) is 16.7. The highest BCUT2D eigenvalue weighted by Crippen LogP contribution is 2.27. The fraction of sp³-hybridized carbons (Fsp3) is 0.333. The molecular formula is C21H23F3N2O3. The van der Waals surface area contributed by atoms with Gasteiger partial charge in [-0.15, -0.1) is 0 Å². The van der Waals surface area contributed by atoms with Crippen molar-refractivity contribution in [1.82, 2.24) is 4.90 Å². The Bertz CT molecular complexity index is 916. The number of amides is 2. The minimum atomic E-state index is -1.68. The standard InChI is InChI=1S/C21H23F3N2O3/c1-12(2)14-6-5-13(3)9-17(14)29-11-19(28)26(4)10-18(27)25-16-8-7-15(22)20(23)21(16)24/h5-9,12H,10-11H2,1-4H3,(H,25,27). The fourth-order valence-electron chi connectivity index (χ4n) is 2.61. The molecule has 2 aromatic carbocycles. The number of carbonyl (C=O) groups excluding carboxylic acids is 2. The van der Waals surface area contributed by atoms with Crippen molar-refractivity contribution in [1.29, 1.82) is 0 Å². The first-order chi connectivity index (χ1) is 13.6. The summed E-state index contributed by atoms with van der Waals surface area (Å²) in [5.41, 5.74) is 1.43. The molecule has 0 fully saturated rings. The SMILES string of the molecule is Cc1ccc(C(C)C)c(OCC(=O)N(C)CC(=O)Nc2ccc(F)c(F)c2F)c1. The normalized spacial score (nSPS) is 10.8. The molecule has 1 N–H and O–H groups in total. The molecule has 0 aliphatic rings. The smallest absolute Gasteiger partial charge is 0.260 e. The van der Waals surface area contributed by atoms with Crippen LogP contribution in [0.5, 0.6) is 5.75 Å². The van der Waals surface area contributed by atoms with Gasteiger partial charge in [-0.2, -0.15) is 0 Å². The van der Waals surface area contributed by atoms with Gasteiger partial charge in [0.1, 0.15) is 5.75 Å². The summed E-state index contributed by atoms with van der Waals surface area (Å²) >= 11 is 0. The van der Waals surface area contributed by atoms with Crippen molar-refractivity contribution in [2.24, 2.45) is 0 Å². The summed E-state index contributed by atoms with van der Waals surface area (Å²) in [7, 11) is 1.38. The van der Waals surface area contributed by atoms with Gasteiger partial charge in [-0.05, 0) is 42.2 Å². The molecule has 0 spiro atoms. The van der Waals surface area contributed by atoms with E-state index in [0.717, 1.165) is 22.1 Å². The van der Waals surface area contributed by atoms with E-state index in [4.69, 9.17) is 4.74 Å². The Morgan fingerprint density at radius 2 is 1.79 bits per heavy atom. The Morgan fingerprint density at radius 3 is 2.45 bits per heavy atom. The number of aryl methyl sites for hydroxylation is 1. The van der Waals surface area contributed by atoms with Crippen molar-refractivity contribution in [3.05, 3.63) is 58.9 Å². The molecule has 0 aliphatic carbocycles. The van der Waals surface area contributed by atoms with Gasteiger partial charge in [0.05, 0.1) is 12.2 Å². The van der Waals surface area contributed by atoms with E-state index in [9.17, 15) is 22.8 Å². The second-order valence-corrected chi connectivity index (χ2v) is 7.01. The highest BCUT2D eigenvalue weighted by Gasteiger charge is 2.18. The lowest BCUT2D eigenvalue weighted by Gasteiger charge is -2.19. The molecule has 156 valence electrons. The first-order valence-corrected chi connectivity index (χ1v) is 9.00. The molecule has 0 aromatic heterocycles. The van der Waals surface area contributed by atoms with Gasteiger partial charge in [-0.1, -0.05) is 26.0 Å². The van der Waals surface area contributed by atoms with Crippen molar-refractivity contribution in [2.45, 2.75) is 26.7 Å². The summed E-state index contributed by atoms with van der Waals surface area (Å²) in [5.74, 6) is -4.98. The minimum absolute atomic E-state index is 0.204. The van der Waals surface area contributed by atoms with Gasteiger partial charge in [-0.25, -0.2) is 13.2 Å². The summed E-state index contributed by atoms with van der Waals surface area (Å²) < 4.78 is 45.4. The van der Waals surface area contributed by atoms with Gasteiger partial charge in [0, 0.05) is 7.05 Å². The molecule has 0 saturated carbocycles. The molecule has 0 aliphatic heterocycles. The molecule has 0 atom stereocenters. The molecule has 2 aromatic rings. The Balaban J connectivity index is 1.95. The largest absolute Gasteiger partial charge is 0.483 e. The third-order valence-corrected chi connectivity index (χ3v) is 4.26. The van der Waals surface area contributed by atoms with Crippen LogP contribution in [-0.4, -0.2) is 36.9 Å². The predicted molar refractivity (Wildman–Crippen MR) is 103 cm³/mol. The first kappa shape index (κ1) is 22.3. The lowest BCUT2D eigenvalue weighted by atomic mass is 10.0. The number of nitrogens with zero attached hydrogens (tertiary/aromatic N) is 1. The summed E-state index contributed by atoms with van der Waals surface area (Å²) in [6.07, 6.45) is 0. The molecule has 29 heavy (non-hydrogen) atoms. The first-order valence-electron chi connectivity index (χ1n) is 9.00. The number of anilines is 1. The molecule has 0 heterocycles. The highest BCUT2D eigenvalue weighted by molar-refractivity contribution is 5.94. The van der Waals surface area contributed by atoms with Gasteiger partial charge in [0.15, 0.2) is 24.1 Å². The van der Waals surface area contributed by atoms with E-state index in [1.807, 2.05) is 39.0 Å². The third kappa shape index (κ3) is 5.73. The van der Waals surface area contributed by atoms with Crippen LogP contribution in [0.4, 0.5) is 18.9 Å². The number of hydrogen-bond acceptors (Lipinski definition) is 3. The molecule has 0 bridgehead atoms. The van der Waals surface area contributed by atoms with Crippen molar-refractivity contribution in [3.8, 4) is 5.75 Å². The Kier molecular flexibility index (Phi) is 7.25. The van der Waals surface area contributed by atoms with Crippen molar-refractivity contribution in [3.63, 3.8) is 0 Å². The third-order valence-electron chi connectivity index (χ3n) is 4.26. The number of rotatable bonds is 7. The summed E-state index contributed by atoms with van der Waals surface area (Å²) in [6, 6.07) is 7.33. The Labute approximate surface area is 167 Å². The number of ether oxygens (including phenoxy) is 1. The molecule has 0 radical (unpaired) electrons. The molecular weight excluding hydrogens is 385 g/mol. The van der Waals surface area contributed by atoms with Crippen LogP contribution < -0.4 is 10.1 Å². The Hall–Kier alpha value is -3.03. The molecule has 5 nitrogen and oxygen atoms in total. The number of benzene rings is 2. The van der Waals surface area contributed by atoms with Gasteiger partial charge in [0.2, 0.25) is 5.91 Å². The lowest BCUT2D eigenvalue weighted by molar-refractivity contribution is -0.135. The van der Waals surface area contributed by atoms with Crippen molar-refractivity contribution < 1.29 is 27.5 Å². The van der Waals surface area contributed by atoms with E-state index in [0.29, 0.717) is 11.8 Å². The van der Waals surface area contributed by atoms with Crippen LogP contribution in [0.15, 0.2) is 30.3 Å². The van der Waals surface area contributed by atoms with Gasteiger partial charge in [-0.3, -0.25) is 9.59 Å². The van der Waals surface area contributed by atoms with Crippen molar-refractivity contribution in [2.75, 3.05) is 25.5 Å². The van der Waals surface area contributed by atoms with Crippen LogP contribution in [-0.2, 0) is 9.59 Å². The number of hydrogen-bond donors (Lipinski definition) is 1. The zero-order valence-electron chi connectivity index (χ0n) is 16.7.